The van der Waals surface area contributed by atoms with E-state index in [2.05, 4.69) is 0 Å². The lowest BCUT2D eigenvalue weighted by atomic mass is 10.1. The Balaban J connectivity index is 2.15. The molecular weight excluding hydrogens is 197 g/mol. The highest BCUT2D eigenvalue weighted by Gasteiger charge is 2.24. The van der Waals surface area contributed by atoms with Crippen molar-refractivity contribution in [2.24, 2.45) is 0 Å². The van der Waals surface area contributed by atoms with E-state index >= 15 is 0 Å². The first-order valence-electron chi connectivity index (χ1n) is 4.78. The lowest BCUT2D eigenvalue weighted by molar-refractivity contribution is -0.147. The fraction of sp³-hybridized carbons (Fsp3) is 0.364. The second kappa shape index (κ2) is 3.98. The summed E-state index contributed by atoms with van der Waals surface area (Å²) in [7, 11) is 1.72. The molecule has 1 saturated heterocycles. The van der Waals surface area contributed by atoms with Crippen LogP contribution in [0.5, 0.6) is 0 Å². The fourth-order valence-corrected chi connectivity index (χ4v) is 1.59. The molecule has 4 heteroatoms. The molecule has 1 atom stereocenters. The van der Waals surface area contributed by atoms with Gasteiger partial charge in [-0.1, -0.05) is 12.1 Å². The van der Waals surface area contributed by atoms with Gasteiger partial charge in [0.1, 0.15) is 18.5 Å². The maximum absolute atomic E-state index is 13.0. The second-order valence-corrected chi connectivity index (χ2v) is 3.63. The van der Waals surface area contributed by atoms with E-state index in [0.29, 0.717) is 6.54 Å². The molecule has 1 aromatic carbocycles. The molecule has 1 amide bonds. The van der Waals surface area contributed by atoms with Gasteiger partial charge in [-0.15, -0.1) is 0 Å². The average Bonchev–Trinajstić information content (AvgIpc) is 2.22. The van der Waals surface area contributed by atoms with Crippen molar-refractivity contribution in [3.05, 3.63) is 35.6 Å². The molecule has 1 aliphatic rings. The van der Waals surface area contributed by atoms with Gasteiger partial charge in [-0.3, -0.25) is 4.79 Å². The van der Waals surface area contributed by atoms with E-state index in [9.17, 15) is 9.18 Å². The molecule has 2 rings (SSSR count). The highest BCUT2D eigenvalue weighted by atomic mass is 19.1. The third kappa shape index (κ3) is 2.15. The highest BCUT2D eigenvalue weighted by Crippen LogP contribution is 2.22. The standard InChI is InChI=1S/C11H12FNO2/c1-13-6-10(15-7-11(13)14)8-3-2-4-9(12)5-8/h2-5,10H,6-7H2,1H3. The monoisotopic (exact) mass is 209 g/mol. The molecular formula is C11H12FNO2. The van der Waals surface area contributed by atoms with Crippen molar-refractivity contribution in [1.82, 2.24) is 4.90 Å². The summed E-state index contributed by atoms with van der Waals surface area (Å²) in [5.74, 6) is -0.321. The summed E-state index contributed by atoms with van der Waals surface area (Å²) in [6.45, 7) is 0.542. The van der Waals surface area contributed by atoms with Gasteiger partial charge in [0.2, 0.25) is 5.91 Å². The van der Waals surface area contributed by atoms with Crippen LogP contribution in [0.3, 0.4) is 0 Å². The van der Waals surface area contributed by atoms with Gasteiger partial charge in [0.05, 0.1) is 6.54 Å². The number of ether oxygens (including phenoxy) is 1. The summed E-state index contributed by atoms with van der Waals surface area (Å²) < 4.78 is 18.3. The zero-order valence-corrected chi connectivity index (χ0v) is 8.44. The number of carbonyl (C=O) groups excluding carboxylic acids is 1. The molecule has 0 saturated carbocycles. The summed E-state index contributed by atoms with van der Waals surface area (Å²) in [6, 6.07) is 6.28. The lowest BCUT2D eigenvalue weighted by Gasteiger charge is -2.30. The molecule has 0 spiro atoms. The van der Waals surface area contributed by atoms with Crippen molar-refractivity contribution in [3.63, 3.8) is 0 Å². The molecule has 1 fully saturated rings. The van der Waals surface area contributed by atoms with Gasteiger partial charge >= 0.3 is 0 Å². The highest BCUT2D eigenvalue weighted by molar-refractivity contribution is 5.77. The Morgan fingerprint density at radius 1 is 1.53 bits per heavy atom. The van der Waals surface area contributed by atoms with Crippen LogP contribution in [0.15, 0.2) is 24.3 Å². The first-order chi connectivity index (χ1) is 7.16. The predicted molar refractivity (Wildman–Crippen MR) is 52.7 cm³/mol. The summed E-state index contributed by atoms with van der Waals surface area (Å²) >= 11 is 0. The van der Waals surface area contributed by atoms with Crippen LogP contribution in [0.1, 0.15) is 11.7 Å². The van der Waals surface area contributed by atoms with Crippen LogP contribution in [0.4, 0.5) is 4.39 Å². The predicted octanol–water partition coefficient (Wildman–Crippen LogP) is 1.36. The van der Waals surface area contributed by atoms with Crippen LogP contribution in [0.25, 0.3) is 0 Å². The normalized spacial score (nSPS) is 21.9. The summed E-state index contributed by atoms with van der Waals surface area (Å²) in [5.41, 5.74) is 0.773. The van der Waals surface area contributed by atoms with Gasteiger partial charge in [0.25, 0.3) is 0 Å². The van der Waals surface area contributed by atoms with Crippen molar-refractivity contribution in [1.29, 1.82) is 0 Å². The Hall–Kier alpha value is -1.42. The molecule has 3 nitrogen and oxygen atoms in total. The fourth-order valence-electron chi connectivity index (χ4n) is 1.59. The molecule has 1 aromatic rings. The number of benzene rings is 1. The Bertz CT molecular complexity index is 381. The van der Waals surface area contributed by atoms with Crippen LogP contribution < -0.4 is 0 Å². The van der Waals surface area contributed by atoms with Crippen molar-refractivity contribution >= 4 is 5.91 Å². The molecule has 1 heterocycles. The minimum atomic E-state index is -0.282. The molecule has 0 radical (unpaired) electrons. The van der Waals surface area contributed by atoms with Crippen molar-refractivity contribution in [2.75, 3.05) is 20.2 Å². The number of nitrogens with zero attached hydrogens (tertiary/aromatic N) is 1. The van der Waals surface area contributed by atoms with Crippen molar-refractivity contribution < 1.29 is 13.9 Å². The van der Waals surface area contributed by atoms with Gasteiger partial charge in [-0.25, -0.2) is 4.39 Å². The van der Waals surface area contributed by atoms with Crippen molar-refractivity contribution in [3.8, 4) is 0 Å². The van der Waals surface area contributed by atoms with E-state index in [1.54, 1.807) is 24.1 Å². The minimum absolute atomic E-state index is 0.0392. The number of carbonyl (C=O) groups is 1. The number of likely N-dealkylation sites (N-methyl/N-ethyl adjacent to an activating group) is 1. The Labute approximate surface area is 87.5 Å². The molecule has 0 bridgehead atoms. The Morgan fingerprint density at radius 3 is 3.00 bits per heavy atom. The maximum atomic E-state index is 13.0. The van der Waals surface area contributed by atoms with Gasteiger partial charge in [0.15, 0.2) is 0 Å². The number of hydrogen-bond donors (Lipinski definition) is 0. The smallest absolute Gasteiger partial charge is 0.248 e. The number of amides is 1. The largest absolute Gasteiger partial charge is 0.362 e. The topological polar surface area (TPSA) is 29.5 Å². The maximum Gasteiger partial charge on any atom is 0.248 e. The van der Waals surface area contributed by atoms with E-state index in [1.807, 2.05) is 0 Å². The van der Waals surface area contributed by atoms with Crippen LogP contribution >= 0.6 is 0 Å². The zero-order valence-electron chi connectivity index (χ0n) is 8.44. The molecule has 15 heavy (non-hydrogen) atoms. The second-order valence-electron chi connectivity index (χ2n) is 3.63. The third-order valence-corrected chi connectivity index (χ3v) is 2.49. The average molecular weight is 209 g/mol. The molecule has 1 aliphatic heterocycles. The zero-order chi connectivity index (χ0) is 10.8. The quantitative estimate of drug-likeness (QED) is 0.698. The third-order valence-electron chi connectivity index (χ3n) is 2.49. The number of rotatable bonds is 1. The molecule has 80 valence electrons. The molecule has 0 N–H and O–H groups in total. The van der Waals surface area contributed by atoms with Crippen LogP contribution in [0.2, 0.25) is 0 Å². The van der Waals surface area contributed by atoms with E-state index in [1.165, 1.54) is 12.1 Å². The van der Waals surface area contributed by atoms with E-state index in [4.69, 9.17) is 4.74 Å². The van der Waals surface area contributed by atoms with Gasteiger partial charge in [-0.2, -0.15) is 0 Å². The van der Waals surface area contributed by atoms with Crippen molar-refractivity contribution in [2.45, 2.75) is 6.10 Å². The summed E-state index contributed by atoms with van der Waals surface area (Å²) in [5, 5.41) is 0. The Kier molecular flexibility index (Phi) is 2.68. The van der Waals surface area contributed by atoms with Gasteiger partial charge in [-0.05, 0) is 17.7 Å². The number of halogens is 1. The first kappa shape index (κ1) is 10.1. The van der Waals surface area contributed by atoms with Crippen LogP contribution in [0, 0.1) is 5.82 Å². The molecule has 0 aromatic heterocycles. The summed E-state index contributed by atoms with van der Waals surface area (Å²) in [4.78, 5) is 12.8. The number of morpholine rings is 1. The SMILES string of the molecule is CN1CC(c2cccc(F)c2)OCC1=O. The van der Waals surface area contributed by atoms with E-state index < -0.39 is 0 Å². The Morgan fingerprint density at radius 2 is 2.33 bits per heavy atom. The minimum Gasteiger partial charge on any atom is -0.362 e. The van der Waals surface area contributed by atoms with Crippen LogP contribution in [-0.4, -0.2) is 31.0 Å². The van der Waals surface area contributed by atoms with E-state index in [0.717, 1.165) is 5.56 Å². The first-order valence-corrected chi connectivity index (χ1v) is 4.78. The molecule has 0 aliphatic carbocycles. The van der Waals surface area contributed by atoms with Gasteiger partial charge < -0.3 is 9.64 Å². The summed E-state index contributed by atoms with van der Waals surface area (Å²) in [6.07, 6.45) is -0.219. The lowest BCUT2D eigenvalue weighted by Crippen LogP contribution is -2.40. The van der Waals surface area contributed by atoms with E-state index in [-0.39, 0.29) is 24.4 Å². The van der Waals surface area contributed by atoms with Gasteiger partial charge in [0, 0.05) is 7.05 Å². The number of hydrogen-bond acceptors (Lipinski definition) is 2. The van der Waals surface area contributed by atoms with Crippen LogP contribution in [-0.2, 0) is 9.53 Å². The molecule has 1 unspecified atom stereocenters.